The summed E-state index contributed by atoms with van der Waals surface area (Å²) in [5.41, 5.74) is 7.28. The summed E-state index contributed by atoms with van der Waals surface area (Å²) in [4.78, 5) is 13.9. The highest BCUT2D eigenvalue weighted by molar-refractivity contribution is 5.69. The van der Waals surface area contributed by atoms with Gasteiger partial charge in [-0.15, -0.1) is 10.2 Å². The summed E-state index contributed by atoms with van der Waals surface area (Å²) >= 11 is 0. The zero-order chi connectivity index (χ0) is 18.2. The molecule has 2 heterocycles. The molecule has 0 spiro atoms. The molecule has 1 fully saturated rings. The average Bonchev–Trinajstić information content (AvgIpc) is 2.86. The van der Waals surface area contributed by atoms with Crippen molar-refractivity contribution in [3.05, 3.63) is 42.0 Å². The van der Waals surface area contributed by atoms with Crippen LogP contribution in [0, 0.1) is 5.92 Å². The largest absolute Gasteiger partial charge is 0.444 e. The topological polar surface area (TPSA) is 86.3 Å². The Balaban J connectivity index is 1.79. The molecule has 134 valence electrons. The van der Waals surface area contributed by atoms with Crippen LogP contribution in [0.4, 0.5) is 10.5 Å². The van der Waals surface area contributed by atoms with Crippen LogP contribution in [0.2, 0.25) is 0 Å². The van der Waals surface area contributed by atoms with Gasteiger partial charge >= 0.3 is 6.09 Å². The van der Waals surface area contributed by atoms with E-state index >= 15 is 0 Å². The van der Waals surface area contributed by atoms with Gasteiger partial charge in [-0.25, -0.2) is 4.79 Å². The number of aromatic nitrogens is 3. The quantitative estimate of drug-likeness (QED) is 0.865. The number of rotatable bonds is 3. The molecule has 7 nitrogen and oxygen atoms in total. The van der Waals surface area contributed by atoms with E-state index in [-0.39, 0.29) is 17.9 Å². The van der Waals surface area contributed by atoms with Gasteiger partial charge in [-0.1, -0.05) is 12.1 Å². The Labute approximate surface area is 147 Å². The number of anilines is 1. The predicted octanol–water partition coefficient (Wildman–Crippen LogP) is 2.40. The van der Waals surface area contributed by atoms with E-state index in [0.717, 1.165) is 11.4 Å². The van der Waals surface area contributed by atoms with Crippen LogP contribution in [-0.2, 0) is 11.8 Å². The van der Waals surface area contributed by atoms with E-state index in [1.807, 2.05) is 56.7 Å². The van der Waals surface area contributed by atoms with Crippen molar-refractivity contribution in [2.24, 2.45) is 13.0 Å². The molecule has 0 aliphatic carbocycles. The van der Waals surface area contributed by atoms with Gasteiger partial charge in [0, 0.05) is 31.7 Å². The number of nitrogen functional groups attached to an aromatic ring is 1. The van der Waals surface area contributed by atoms with Crippen LogP contribution in [0.25, 0.3) is 0 Å². The van der Waals surface area contributed by atoms with Crippen LogP contribution in [-0.4, -0.2) is 44.4 Å². The molecule has 1 aromatic carbocycles. The monoisotopic (exact) mass is 343 g/mol. The van der Waals surface area contributed by atoms with E-state index in [2.05, 4.69) is 10.2 Å². The summed E-state index contributed by atoms with van der Waals surface area (Å²) in [6.07, 6.45) is 1.42. The molecule has 1 aliphatic rings. The van der Waals surface area contributed by atoms with Gasteiger partial charge in [0.15, 0.2) is 0 Å². The maximum Gasteiger partial charge on any atom is 0.410 e. The van der Waals surface area contributed by atoms with Crippen molar-refractivity contribution < 1.29 is 9.53 Å². The zero-order valence-corrected chi connectivity index (χ0v) is 15.1. The molecule has 1 aliphatic heterocycles. The van der Waals surface area contributed by atoms with Crippen molar-refractivity contribution in [3.8, 4) is 0 Å². The Hall–Kier alpha value is -2.57. The van der Waals surface area contributed by atoms with E-state index in [4.69, 9.17) is 10.5 Å². The number of benzene rings is 1. The van der Waals surface area contributed by atoms with Crippen molar-refractivity contribution in [1.82, 2.24) is 19.7 Å². The fourth-order valence-corrected chi connectivity index (χ4v) is 3.16. The first-order valence-electron chi connectivity index (χ1n) is 8.42. The number of hydrogen-bond donors (Lipinski definition) is 1. The second-order valence-electron chi connectivity index (χ2n) is 7.59. The molecular weight excluding hydrogens is 318 g/mol. The third-order valence-electron chi connectivity index (χ3n) is 4.33. The van der Waals surface area contributed by atoms with Crippen LogP contribution >= 0.6 is 0 Å². The van der Waals surface area contributed by atoms with Crippen molar-refractivity contribution in [2.75, 3.05) is 18.8 Å². The first kappa shape index (κ1) is 17.3. The molecule has 0 bridgehead atoms. The number of nitrogens with two attached hydrogens (primary N) is 1. The minimum atomic E-state index is -0.487. The lowest BCUT2D eigenvalue weighted by Crippen LogP contribution is -2.53. The molecule has 1 amide bonds. The van der Waals surface area contributed by atoms with Crippen LogP contribution < -0.4 is 5.73 Å². The number of likely N-dealkylation sites (tertiary alicyclic amines) is 1. The zero-order valence-electron chi connectivity index (χ0n) is 15.1. The van der Waals surface area contributed by atoms with Gasteiger partial charge in [0.25, 0.3) is 0 Å². The lowest BCUT2D eigenvalue weighted by Gasteiger charge is -2.43. The smallest absolute Gasteiger partial charge is 0.410 e. The number of carbonyl (C=O) groups is 1. The van der Waals surface area contributed by atoms with Crippen molar-refractivity contribution in [2.45, 2.75) is 32.3 Å². The molecule has 2 N–H and O–H groups in total. The van der Waals surface area contributed by atoms with E-state index in [9.17, 15) is 4.79 Å². The van der Waals surface area contributed by atoms with E-state index in [1.54, 1.807) is 11.2 Å². The van der Waals surface area contributed by atoms with Crippen LogP contribution in [0.15, 0.2) is 30.6 Å². The minimum absolute atomic E-state index is 0.0367. The van der Waals surface area contributed by atoms with Crippen LogP contribution in [0.5, 0.6) is 0 Å². The molecule has 0 unspecified atom stereocenters. The van der Waals surface area contributed by atoms with Gasteiger partial charge in [0.2, 0.25) is 0 Å². The summed E-state index contributed by atoms with van der Waals surface area (Å²) in [5, 5.41) is 8.30. The third-order valence-corrected chi connectivity index (χ3v) is 4.33. The fourth-order valence-electron chi connectivity index (χ4n) is 3.16. The summed E-state index contributed by atoms with van der Waals surface area (Å²) in [6, 6.07) is 7.82. The molecule has 1 saturated heterocycles. The normalized spacial score (nSPS) is 16.4. The van der Waals surface area contributed by atoms with Gasteiger partial charge in [0.05, 0.1) is 5.92 Å². The number of aryl methyl sites for hydroxylation is 1. The summed E-state index contributed by atoms with van der Waals surface area (Å²) in [7, 11) is 1.93. The Kier molecular flexibility index (Phi) is 4.41. The number of ether oxygens (including phenoxy) is 1. The van der Waals surface area contributed by atoms with Crippen molar-refractivity contribution in [3.63, 3.8) is 0 Å². The number of nitrogens with zero attached hydrogens (tertiary/aromatic N) is 4. The molecule has 7 heteroatoms. The lowest BCUT2D eigenvalue weighted by atomic mass is 9.80. The molecule has 1 aromatic heterocycles. The van der Waals surface area contributed by atoms with Gasteiger partial charge in [-0.2, -0.15) is 0 Å². The summed E-state index contributed by atoms with van der Waals surface area (Å²) in [6.45, 7) is 6.87. The predicted molar refractivity (Wildman–Crippen MR) is 95.0 cm³/mol. The highest BCUT2D eigenvalue weighted by atomic mass is 16.6. The molecule has 3 rings (SSSR count). The number of carbonyl (C=O) groups excluding carboxylic acids is 1. The molecule has 0 saturated carbocycles. The van der Waals surface area contributed by atoms with Crippen LogP contribution in [0.1, 0.15) is 38.1 Å². The maximum absolute atomic E-state index is 12.2. The van der Waals surface area contributed by atoms with Crippen molar-refractivity contribution in [1.29, 1.82) is 0 Å². The Morgan fingerprint density at radius 3 is 2.64 bits per heavy atom. The average molecular weight is 343 g/mol. The van der Waals surface area contributed by atoms with Gasteiger partial charge < -0.3 is 19.9 Å². The highest BCUT2D eigenvalue weighted by Gasteiger charge is 2.41. The van der Waals surface area contributed by atoms with E-state index < -0.39 is 5.60 Å². The van der Waals surface area contributed by atoms with Crippen LogP contribution in [0.3, 0.4) is 0 Å². The highest BCUT2D eigenvalue weighted by Crippen LogP contribution is 2.37. The first-order valence-corrected chi connectivity index (χ1v) is 8.42. The summed E-state index contributed by atoms with van der Waals surface area (Å²) < 4.78 is 7.36. The Morgan fingerprint density at radius 2 is 2.08 bits per heavy atom. The molecule has 1 atom stereocenters. The molecule has 0 radical (unpaired) electrons. The molecule has 2 aromatic rings. The Morgan fingerprint density at radius 1 is 1.36 bits per heavy atom. The fraction of sp³-hybridized carbons (Fsp3) is 0.500. The molecule has 25 heavy (non-hydrogen) atoms. The molecular formula is C18H25N5O2. The Bertz CT molecular complexity index is 759. The summed E-state index contributed by atoms with van der Waals surface area (Å²) in [5.74, 6) is 1.16. The van der Waals surface area contributed by atoms with Gasteiger partial charge in [-0.3, -0.25) is 0 Å². The number of hydrogen-bond acceptors (Lipinski definition) is 5. The lowest BCUT2D eigenvalue weighted by molar-refractivity contribution is -0.00371. The second kappa shape index (κ2) is 6.38. The van der Waals surface area contributed by atoms with E-state index in [0.29, 0.717) is 18.8 Å². The first-order chi connectivity index (χ1) is 11.7. The second-order valence-corrected chi connectivity index (χ2v) is 7.59. The minimum Gasteiger partial charge on any atom is -0.444 e. The number of amides is 1. The standard InChI is InChI=1S/C18H25N5O2/c1-18(2,3)25-17(24)23-9-13(10-23)15(16-21-20-11-22(16)4)12-6-5-7-14(19)8-12/h5-8,11,13,15H,9-10,19H2,1-4H3/t15-/m1/s1. The van der Waals surface area contributed by atoms with Crippen molar-refractivity contribution >= 4 is 11.8 Å². The third kappa shape index (κ3) is 3.75. The van der Waals surface area contributed by atoms with Gasteiger partial charge in [-0.05, 0) is 38.5 Å². The maximum atomic E-state index is 12.2. The van der Waals surface area contributed by atoms with E-state index in [1.165, 1.54) is 0 Å². The van der Waals surface area contributed by atoms with Gasteiger partial charge in [0.1, 0.15) is 17.8 Å². The SMILES string of the molecule is Cn1cnnc1[C@H](c1cccc(N)c1)C1CN(C(=O)OC(C)(C)C)C1.